The van der Waals surface area contributed by atoms with Gasteiger partial charge in [0.15, 0.2) is 0 Å². The quantitative estimate of drug-likeness (QED) is 0.766. The topological polar surface area (TPSA) is 55.3 Å². The summed E-state index contributed by atoms with van der Waals surface area (Å²) in [6.45, 7) is -0.0173. The highest BCUT2D eigenvalue weighted by Crippen LogP contribution is 2.37. The van der Waals surface area contributed by atoms with Crippen LogP contribution in [0.1, 0.15) is 11.1 Å². The first-order chi connectivity index (χ1) is 7.27. The Balaban J connectivity index is 3.42. The summed E-state index contributed by atoms with van der Waals surface area (Å²) in [6, 6.07) is 2.58. The highest BCUT2D eigenvalue weighted by atomic mass is 19.4. The van der Waals surface area contributed by atoms with Crippen molar-refractivity contribution < 1.29 is 13.2 Å². The Hall–Kier alpha value is -1.43. The third-order valence-corrected chi connectivity index (χ3v) is 2.29. The van der Waals surface area contributed by atoms with Crippen molar-refractivity contribution in [1.82, 2.24) is 0 Å². The van der Waals surface area contributed by atoms with Gasteiger partial charge in [-0.15, -0.1) is 0 Å². The Morgan fingerprint density at radius 1 is 1.25 bits per heavy atom. The minimum atomic E-state index is -4.46. The van der Waals surface area contributed by atoms with Crippen LogP contribution >= 0.6 is 0 Å². The molecule has 0 unspecified atom stereocenters. The molecule has 0 saturated heterocycles. The van der Waals surface area contributed by atoms with Crippen LogP contribution in [0.15, 0.2) is 12.1 Å². The third-order valence-electron chi connectivity index (χ3n) is 2.29. The number of rotatable bonds is 2. The van der Waals surface area contributed by atoms with Crippen LogP contribution in [-0.4, -0.2) is 14.1 Å². The lowest BCUT2D eigenvalue weighted by molar-refractivity contribution is -0.136. The van der Waals surface area contributed by atoms with E-state index in [0.29, 0.717) is 11.3 Å². The first-order valence-electron chi connectivity index (χ1n) is 4.64. The molecule has 90 valence electrons. The Morgan fingerprint density at radius 3 is 2.19 bits per heavy atom. The van der Waals surface area contributed by atoms with Crippen LogP contribution in [0.25, 0.3) is 0 Å². The number of anilines is 2. The van der Waals surface area contributed by atoms with Crippen LogP contribution < -0.4 is 16.4 Å². The van der Waals surface area contributed by atoms with Gasteiger partial charge in [-0.25, -0.2) is 0 Å². The van der Waals surface area contributed by atoms with E-state index in [2.05, 4.69) is 0 Å². The molecule has 0 atom stereocenters. The van der Waals surface area contributed by atoms with Crippen molar-refractivity contribution in [1.29, 1.82) is 0 Å². The molecule has 4 N–H and O–H groups in total. The maximum absolute atomic E-state index is 12.7. The first-order valence-corrected chi connectivity index (χ1v) is 4.64. The van der Waals surface area contributed by atoms with Gasteiger partial charge in [-0.05, 0) is 17.7 Å². The van der Waals surface area contributed by atoms with Crippen molar-refractivity contribution in [2.75, 3.05) is 24.7 Å². The number of nitrogens with two attached hydrogens (primary N) is 2. The van der Waals surface area contributed by atoms with E-state index >= 15 is 0 Å². The van der Waals surface area contributed by atoms with Gasteiger partial charge >= 0.3 is 6.18 Å². The normalized spacial score (nSPS) is 11.6. The lowest BCUT2D eigenvalue weighted by Gasteiger charge is -2.19. The smallest absolute Gasteiger partial charge is 0.398 e. The summed E-state index contributed by atoms with van der Waals surface area (Å²) in [6.07, 6.45) is -4.46. The molecule has 0 spiro atoms. The lowest BCUT2D eigenvalue weighted by atomic mass is 10.0. The molecule has 16 heavy (non-hydrogen) atoms. The summed E-state index contributed by atoms with van der Waals surface area (Å²) in [4.78, 5) is 1.58. The van der Waals surface area contributed by atoms with Crippen LogP contribution in [0, 0.1) is 0 Å². The van der Waals surface area contributed by atoms with Gasteiger partial charge in [0, 0.05) is 32.0 Å². The number of benzene rings is 1. The Bertz CT molecular complexity index is 386. The number of nitrogen functional groups attached to an aromatic ring is 1. The monoisotopic (exact) mass is 233 g/mol. The van der Waals surface area contributed by atoms with Gasteiger partial charge in [0.25, 0.3) is 0 Å². The maximum atomic E-state index is 12.7. The van der Waals surface area contributed by atoms with Gasteiger partial charge in [0.1, 0.15) is 0 Å². The van der Waals surface area contributed by atoms with Crippen LogP contribution in [-0.2, 0) is 12.7 Å². The minimum absolute atomic E-state index is 0.0173. The molecule has 1 rings (SSSR count). The molecule has 0 heterocycles. The van der Waals surface area contributed by atoms with Gasteiger partial charge < -0.3 is 16.4 Å². The average Bonchev–Trinajstić information content (AvgIpc) is 2.15. The summed E-state index contributed by atoms with van der Waals surface area (Å²) in [5.41, 5.74) is 10.4. The highest BCUT2D eigenvalue weighted by Gasteiger charge is 2.34. The Labute approximate surface area is 91.8 Å². The number of alkyl halides is 3. The minimum Gasteiger partial charge on any atom is -0.398 e. The van der Waals surface area contributed by atoms with Crippen LogP contribution in [0.5, 0.6) is 0 Å². The fourth-order valence-corrected chi connectivity index (χ4v) is 1.36. The van der Waals surface area contributed by atoms with E-state index in [1.807, 2.05) is 0 Å². The van der Waals surface area contributed by atoms with Gasteiger partial charge in [-0.3, -0.25) is 0 Å². The molecule has 0 aliphatic rings. The second-order valence-electron chi connectivity index (χ2n) is 3.66. The average molecular weight is 233 g/mol. The van der Waals surface area contributed by atoms with Gasteiger partial charge in [-0.1, -0.05) is 0 Å². The zero-order chi connectivity index (χ0) is 12.5. The molecule has 0 aliphatic carbocycles. The van der Waals surface area contributed by atoms with Gasteiger partial charge in [-0.2, -0.15) is 13.2 Å². The van der Waals surface area contributed by atoms with E-state index in [1.54, 1.807) is 25.1 Å². The van der Waals surface area contributed by atoms with Crippen molar-refractivity contribution in [3.05, 3.63) is 23.3 Å². The lowest BCUT2D eigenvalue weighted by Crippen LogP contribution is -2.16. The zero-order valence-corrected chi connectivity index (χ0v) is 9.10. The number of halogens is 3. The molecule has 6 heteroatoms. The SMILES string of the molecule is CN(C)c1cc(CN)c(N)c(C(F)(F)F)c1. The Kier molecular flexibility index (Phi) is 3.32. The van der Waals surface area contributed by atoms with E-state index in [1.165, 1.54) is 0 Å². The van der Waals surface area contributed by atoms with E-state index in [-0.39, 0.29) is 12.2 Å². The molecule has 0 amide bonds. The maximum Gasteiger partial charge on any atom is 0.418 e. The van der Waals surface area contributed by atoms with Gasteiger partial charge in [0.2, 0.25) is 0 Å². The predicted octanol–water partition coefficient (Wildman–Crippen LogP) is 1.81. The molecule has 0 aromatic heterocycles. The molecule has 0 radical (unpaired) electrons. The molecule has 0 saturated carbocycles. The van der Waals surface area contributed by atoms with Crippen LogP contribution in [0.4, 0.5) is 24.5 Å². The molecular weight excluding hydrogens is 219 g/mol. The molecular formula is C10H14F3N3. The largest absolute Gasteiger partial charge is 0.418 e. The molecule has 1 aromatic carbocycles. The molecule has 0 bridgehead atoms. The number of nitrogens with zero attached hydrogens (tertiary/aromatic N) is 1. The summed E-state index contributed by atoms with van der Waals surface area (Å²) >= 11 is 0. The molecule has 0 aliphatic heterocycles. The summed E-state index contributed by atoms with van der Waals surface area (Å²) in [5.74, 6) is 0. The number of hydrogen-bond acceptors (Lipinski definition) is 3. The van der Waals surface area contributed by atoms with E-state index < -0.39 is 11.7 Å². The first kappa shape index (κ1) is 12.6. The molecule has 0 fully saturated rings. The predicted molar refractivity (Wildman–Crippen MR) is 58.1 cm³/mol. The highest BCUT2D eigenvalue weighted by molar-refractivity contribution is 5.64. The third kappa shape index (κ3) is 2.38. The van der Waals surface area contributed by atoms with Gasteiger partial charge in [0.05, 0.1) is 5.56 Å². The van der Waals surface area contributed by atoms with E-state index in [0.717, 1.165) is 6.07 Å². The zero-order valence-electron chi connectivity index (χ0n) is 9.10. The number of hydrogen-bond donors (Lipinski definition) is 2. The van der Waals surface area contributed by atoms with Crippen LogP contribution in [0.3, 0.4) is 0 Å². The standard InChI is InChI=1S/C10H14F3N3/c1-16(2)7-3-6(5-14)9(15)8(4-7)10(11,12)13/h3-4H,5,14-15H2,1-2H3. The van der Waals surface area contributed by atoms with Crippen molar-refractivity contribution in [2.24, 2.45) is 5.73 Å². The summed E-state index contributed by atoms with van der Waals surface area (Å²) in [7, 11) is 3.32. The Morgan fingerprint density at radius 2 is 1.81 bits per heavy atom. The molecule has 3 nitrogen and oxygen atoms in total. The van der Waals surface area contributed by atoms with E-state index in [4.69, 9.17) is 11.5 Å². The second-order valence-corrected chi connectivity index (χ2v) is 3.66. The second kappa shape index (κ2) is 4.21. The van der Waals surface area contributed by atoms with Crippen molar-refractivity contribution in [2.45, 2.75) is 12.7 Å². The summed E-state index contributed by atoms with van der Waals surface area (Å²) < 4.78 is 38.0. The van der Waals surface area contributed by atoms with Crippen LogP contribution in [0.2, 0.25) is 0 Å². The van der Waals surface area contributed by atoms with E-state index in [9.17, 15) is 13.2 Å². The van der Waals surface area contributed by atoms with Crippen molar-refractivity contribution in [3.63, 3.8) is 0 Å². The molecule has 1 aromatic rings. The van der Waals surface area contributed by atoms with Crippen molar-refractivity contribution in [3.8, 4) is 0 Å². The summed E-state index contributed by atoms with van der Waals surface area (Å²) in [5, 5.41) is 0. The van der Waals surface area contributed by atoms with Crippen molar-refractivity contribution >= 4 is 11.4 Å². The fourth-order valence-electron chi connectivity index (χ4n) is 1.36. The fraction of sp³-hybridized carbons (Fsp3) is 0.400.